The summed E-state index contributed by atoms with van der Waals surface area (Å²) in [5.74, 6) is -0.309. The zero-order chi connectivity index (χ0) is 9.68. The summed E-state index contributed by atoms with van der Waals surface area (Å²) < 4.78 is 4.80. The van der Waals surface area contributed by atoms with Crippen molar-refractivity contribution in [3.05, 3.63) is 0 Å². The van der Waals surface area contributed by atoms with E-state index in [1.807, 2.05) is 0 Å². The van der Waals surface area contributed by atoms with Gasteiger partial charge in [-0.05, 0) is 25.7 Å². The first-order chi connectivity index (χ1) is 6.24. The third-order valence-corrected chi connectivity index (χ3v) is 2.37. The zero-order valence-electron chi connectivity index (χ0n) is 7.61. The van der Waals surface area contributed by atoms with Gasteiger partial charge in [-0.2, -0.15) is 0 Å². The second-order valence-corrected chi connectivity index (χ2v) is 3.40. The van der Waals surface area contributed by atoms with E-state index in [0.717, 1.165) is 0 Å². The van der Waals surface area contributed by atoms with E-state index < -0.39 is 0 Å². The Kier molecular flexibility index (Phi) is 4.18. The topological polar surface area (TPSA) is 66.8 Å². The maximum Gasteiger partial charge on any atom is 0.309 e. The highest BCUT2D eigenvalue weighted by Gasteiger charge is 2.25. The monoisotopic (exact) mass is 188 g/mol. The minimum Gasteiger partial charge on any atom is -0.463 e. The van der Waals surface area contributed by atoms with Crippen LogP contribution in [-0.4, -0.2) is 35.5 Å². The van der Waals surface area contributed by atoms with Crippen LogP contribution >= 0.6 is 0 Å². The van der Waals surface area contributed by atoms with E-state index in [1.54, 1.807) is 0 Å². The predicted octanol–water partition coefficient (Wildman–Crippen LogP) is 0.0730. The van der Waals surface area contributed by atoms with Crippen LogP contribution in [0.2, 0.25) is 0 Å². The van der Waals surface area contributed by atoms with Gasteiger partial charge in [-0.15, -0.1) is 0 Å². The van der Waals surface area contributed by atoms with Crippen LogP contribution in [-0.2, 0) is 9.53 Å². The lowest BCUT2D eigenvalue weighted by Crippen LogP contribution is -2.26. The van der Waals surface area contributed by atoms with Gasteiger partial charge in [0.05, 0.1) is 18.6 Å². The number of aliphatic hydroxyl groups is 2. The molecule has 0 aliphatic heterocycles. The summed E-state index contributed by atoms with van der Waals surface area (Å²) in [6.45, 7) is -0.0427. The summed E-state index contributed by atoms with van der Waals surface area (Å²) in [5.41, 5.74) is 0. The molecule has 1 saturated carbocycles. The molecule has 0 amide bonds. The van der Waals surface area contributed by atoms with E-state index in [0.29, 0.717) is 25.7 Å². The molecule has 1 fully saturated rings. The van der Waals surface area contributed by atoms with Crippen molar-refractivity contribution < 1.29 is 19.7 Å². The van der Waals surface area contributed by atoms with E-state index in [2.05, 4.69) is 0 Å². The minimum absolute atomic E-state index is 0.0741. The molecular formula is C9H16O4. The molecule has 0 heterocycles. The number of ether oxygens (including phenoxy) is 1. The van der Waals surface area contributed by atoms with Gasteiger partial charge in [0, 0.05) is 0 Å². The van der Waals surface area contributed by atoms with Crippen LogP contribution in [0, 0.1) is 5.92 Å². The second-order valence-electron chi connectivity index (χ2n) is 3.40. The maximum absolute atomic E-state index is 11.2. The molecule has 0 radical (unpaired) electrons. The van der Waals surface area contributed by atoms with E-state index in [9.17, 15) is 9.90 Å². The molecule has 1 rings (SSSR count). The first-order valence-electron chi connectivity index (χ1n) is 4.69. The summed E-state index contributed by atoms with van der Waals surface area (Å²) in [7, 11) is 0. The molecule has 13 heavy (non-hydrogen) atoms. The molecule has 0 atom stereocenters. The van der Waals surface area contributed by atoms with E-state index in [4.69, 9.17) is 9.84 Å². The Morgan fingerprint density at radius 3 is 2.46 bits per heavy atom. The smallest absolute Gasteiger partial charge is 0.309 e. The van der Waals surface area contributed by atoms with Crippen molar-refractivity contribution in [2.45, 2.75) is 31.8 Å². The quantitative estimate of drug-likeness (QED) is 0.615. The molecule has 1 aliphatic carbocycles. The lowest BCUT2D eigenvalue weighted by Gasteiger charge is -2.23. The number of rotatable bonds is 3. The molecule has 76 valence electrons. The number of esters is 1. The van der Waals surface area contributed by atoms with Crippen molar-refractivity contribution in [1.29, 1.82) is 0 Å². The van der Waals surface area contributed by atoms with E-state index >= 15 is 0 Å². The summed E-state index contributed by atoms with van der Waals surface area (Å²) >= 11 is 0. The summed E-state index contributed by atoms with van der Waals surface area (Å²) in [6, 6.07) is 0. The number of aliphatic hydroxyl groups excluding tert-OH is 2. The van der Waals surface area contributed by atoms with Crippen LogP contribution in [0.1, 0.15) is 25.7 Å². The molecule has 0 aromatic heterocycles. The molecule has 0 spiro atoms. The Bertz CT molecular complexity index is 161. The minimum atomic E-state index is -0.248. The van der Waals surface area contributed by atoms with Gasteiger partial charge in [0.15, 0.2) is 0 Å². The highest BCUT2D eigenvalue weighted by molar-refractivity contribution is 5.72. The van der Waals surface area contributed by atoms with Gasteiger partial charge in [-0.25, -0.2) is 0 Å². The number of carbonyl (C=O) groups is 1. The largest absolute Gasteiger partial charge is 0.463 e. The number of hydrogen-bond acceptors (Lipinski definition) is 4. The fourth-order valence-electron chi connectivity index (χ4n) is 1.58. The molecule has 2 N–H and O–H groups in total. The fourth-order valence-corrected chi connectivity index (χ4v) is 1.58. The summed E-state index contributed by atoms with van der Waals surface area (Å²) in [5, 5.41) is 17.6. The Labute approximate surface area is 77.5 Å². The van der Waals surface area contributed by atoms with Crippen molar-refractivity contribution in [3.8, 4) is 0 Å². The Balaban J connectivity index is 2.23. The molecular weight excluding hydrogens is 172 g/mol. The van der Waals surface area contributed by atoms with Gasteiger partial charge >= 0.3 is 5.97 Å². The standard InChI is InChI=1S/C9H16O4/c10-5-6-13-9(12)7-1-3-8(11)4-2-7/h7-8,10-11H,1-6H2. The molecule has 0 bridgehead atoms. The highest BCUT2D eigenvalue weighted by atomic mass is 16.5. The normalized spacial score (nSPS) is 28.5. The third-order valence-electron chi connectivity index (χ3n) is 2.37. The molecule has 0 unspecified atom stereocenters. The highest BCUT2D eigenvalue weighted by Crippen LogP contribution is 2.24. The molecule has 4 nitrogen and oxygen atoms in total. The van der Waals surface area contributed by atoms with Crippen LogP contribution < -0.4 is 0 Å². The van der Waals surface area contributed by atoms with Gasteiger partial charge in [-0.1, -0.05) is 0 Å². The molecule has 0 aromatic carbocycles. The van der Waals surface area contributed by atoms with Crippen molar-refractivity contribution in [1.82, 2.24) is 0 Å². The van der Waals surface area contributed by atoms with Crippen molar-refractivity contribution in [2.75, 3.05) is 13.2 Å². The lowest BCUT2D eigenvalue weighted by molar-refractivity contribution is -0.151. The maximum atomic E-state index is 11.2. The molecule has 4 heteroatoms. The van der Waals surface area contributed by atoms with Crippen molar-refractivity contribution >= 4 is 5.97 Å². The van der Waals surface area contributed by atoms with Crippen LogP contribution in [0.3, 0.4) is 0 Å². The number of carbonyl (C=O) groups excluding carboxylic acids is 1. The van der Waals surface area contributed by atoms with Gasteiger partial charge in [-0.3, -0.25) is 4.79 Å². The summed E-state index contributed by atoms with van der Waals surface area (Å²) in [6.07, 6.45) is 2.51. The van der Waals surface area contributed by atoms with Crippen molar-refractivity contribution in [3.63, 3.8) is 0 Å². The van der Waals surface area contributed by atoms with Crippen LogP contribution in [0.5, 0.6) is 0 Å². The molecule has 0 saturated heterocycles. The molecule has 0 aromatic rings. The second kappa shape index (κ2) is 5.19. The van der Waals surface area contributed by atoms with Gasteiger partial charge in [0.25, 0.3) is 0 Å². The summed E-state index contributed by atoms with van der Waals surface area (Å²) in [4.78, 5) is 11.2. The van der Waals surface area contributed by atoms with E-state index in [1.165, 1.54) is 0 Å². The fraction of sp³-hybridized carbons (Fsp3) is 0.889. The number of hydrogen-bond donors (Lipinski definition) is 2. The average Bonchev–Trinajstić information content (AvgIpc) is 2.15. The van der Waals surface area contributed by atoms with Crippen LogP contribution in [0.25, 0.3) is 0 Å². The van der Waals surface area contributed by atoms with Crippen molar-refractivity contribution in [2.24, 2.45) is 5.92 Å². The van der Waals surface area contributed by atoms with Gasteiger partial charge in [0.1, 0.15) is 6.61 Å². The lowest BCUT2D eigenvalue weighted by atomic mass is 9.88. The first-order valence-corrected chi connectivity index (χ1v) is 4.69. The Hall–Kier alpha value is -0.610. The molecule has 1 aliphatic rings. The SMILES string of the molecule is O=C(OCCO)C1CCC(O)CC1. The van der Waals surface area contributed by atoms with Gasteiger partial charge < -0.3 is 14.9 Å². The third kappa shape index (κ3) is 3.32. The Morgan fingerprint density at radius 1 is 1.31 bits per heavy atom. The average molecular weight is 188 g/mol. The Morgan fingerprint density at radius 2 is 1.92 bits per heavy atom. The zero-order valence-corrected chi connectivity index (χ0v) is 7.61. The predicted molar refractivity (Wildman–Crippen MR) is 46.0 cm³/mol. The van der Waals surface area contributed by atoms with Crippen LogP contribution in [0.15, 0.2) is 0 Å². The van der Waals surface area contributed by atoms with Gasteiger partial charge in [0.2, 0.25) is 0 Å². The van der Waals surface area contributed by atoms with E-state index in [-0.39, 0.29) is 31.2 Å². The first kappa shape index (κ1) is 10.5. The van der Waals surface area contributed by atoms with Crippen LogP contribution in [0.4, 0.5) is 0 Å².